The van der Waals surface area contributed by atoms with Gasteiger partial charge in [0.05, 0.1) is 24.7 Å². The van der Waals surface area contributed by atoms with Crippen molar-refractivity contribution in [2.75, 3.05) is 13.2 Å². The maximum Gasteiger partial charge on any atom is 0.311 e. The van der Waals surface area contributed by atoms with Crippen LogP contribution in [0.15, 0.2) is 0 Å². The Kier molecular flexibility index (Phi) is 4.42. The van der Waals surface area contributed by atoms with Crippen LogP contribution in [0.25, 0.3) is 0 Å². The van der Waals surface area contributed by atoms with E-state index in [0.29, 0.717) is 13.2 Å². The second-order valence-corrected chi connectivity index (χ2v) is 7.04. The van der Waals surface area contributed by atoms with Crippen LogP contribution >= 0.6 is 0 Å². The highest BCUT2D eigenvalue weighted by atomic mass is 16.8. The van der Waals surface area contributed by atoms with Gasteiger partial charge in [0.25, 0.3) is 0 Å². The second-order valence-electron chi connectivity index (χ2n) is 7.04. The minimum Gasteiger partial charge on any atom is -0.465 e. The molecule has 0 saturated carbocycles. The topological polar surface area (TPSA) is 54.0 Å². The summed E-state index contributed by atoms with van der Waals surface area (Å²) < 4.78 is 22.6. The van der Waals surface area contributed by atoms with Crippen LogP contribution in [-0.4, -0.2) is 43.3 Å². The van der Waals surface area contributed by atoms with E-state index < -0.39 is 11.2 Å². The van der Waals surface area contributed by atoms with E-state index in [1.807, 2.05) is 34.6 Å². The van der Waals surface area contributed by atoms with Crippen molar-refractivity contribution in [3.8, 4) is 0 Å². The van der Waals surface area contributed by atoms with Gasteiger partial charge in [-0.05, 0) is 47.5 Å². The molecule has 20 heavy (non-hydrogen) atoms. The molecule has 5 nitrogen and oxygen atoms in total. The fourth-order valence-corrected chi connectivity index (χ4v) is 2.53. The van der Waals surface area contributed by atoms with Crippen molar-refractivity contribution in [3.05, 3.63) is 0 Å². The van der Waals surface area contributed by atoms with Gasteiger partial charge in [-0.2, -0.15) is 0 Å². The zero-order valence-electron chi connectivity index (χ0n) is 13.1. The van der Waals surface area contributed by atoms with Crippen LogP contribution in [0.5, 0.6) is 0 Å². The fraction of sp³-hybridized carbons (Fsp3) is 0.933. The zero-order valence-corrected chi connectivity index (χ0v) is 13.1. The molecule has 116 valence electrons. The zero-order chi connectivity index (χ0) is 15.0. The summed E-state index contributed by atoms with van der Waals surface area (Å²) >= 11 is 0. The third-order valence-corrected chi connectivity index (χ3v) is 3.54. The number of ether oxygens (including phenoxy) is 4. The molecule has 0 amide bonds. The minimum atomic E-state index is -0.518. The Bertz CT molecular complexity index is 358. The molecule has 2 aliphatic heterocycles. The van der Waals surface area contributed by atoms with E-state index in [1.54, 1.807) is 0 Å². The first-order chi connectivity index (χ1) is 9.19. The van der Waals surface area contributed by atoms with Gasteiger partial charge in [0.2, 0.25) is 0 Å². The van der Waals surface area contributed by atoms with Crippen molar-refractivity contribution in [1.29, 1.82) is 0 Å². The molecule has 0 aromatic carbocycles. The van der Waals surface area contributed by atoms with Gasteiger partial charge in [0.1, 0.15) is 12.2 Å². The lowest BCUT2D eigenvalue weighted by Gasteiger charge is -2.22. The van der Waals surface area contributed by atoms with E-state index in [2.05, 4.69) is 0 Å². The molecule has 2 rings (SSSR count). The van der Waals surface area contributed by atoms with Gasteiger partial charge in [-0.3, -0.25) is 4.79 Å². The highest BCUT2D eigenvalue weighted by molar-refractivity contribution is 5.75. The molecule has 5 heteroatoms. The monoisotopic (exact) mass is 286 g/mol. The van der Waals surface area contributed by atoms with Gasteiger partial charge in [0.15, 0.2) is 5.79 Å². The molecule has 2 heterocycles. The lowest BCUT2D eigenvalue weighted by molar-refractivity contribution is -0.175. The molecule has 2 fully saturated rings. The summed E-state index contributed by atoms with van der Waals surface area (Å²) in [5.74, 6) is -0.680. The number of carbonyl (C=O) groups excluding carboxylic acids is 1. The highest BCUT2D eigenvalue weighted by Gasteiger charge is 2.49. The lowest BCUT2D eigenvalue weighted by Crippen LogP contribution is -2.30. The summed E-state index contributed by atoms with van der Waals surface area (Å²) in [4.78, 5) is 11.6. The van der Waals surface area contributed by atoms with Crippen molar-refractivity contribution in [2.45, 2.75) is 71.6 Å². The number of hydrogen-bond acceptors (Lipinski definition) is 5. The van der Waals surface area contributed by atoms with Crippen LogP contribution in [0.2, 0.25) is 0 Å². The molecule has 0 aliphatic carbocycles. The summed E-state index contributed by atoms with van der Waals surface area (Å²) in [6.45, 7) is 10.4. The fourth-order valence-electron chi connectivity index (χ4n) is 2.53. The molecule has 0 N–H and O–H groups in total. The van der Waals surface area contributed by atoms with Gasteiger partial charge in [0, 0.05) is 0 Å². The molecule has 2 saturated heterocycles. The van der Waals surface area contributed by atoms with Crippen molar-refractivity contribution in [2.24, 2.45) is 5.41 Å². The summed E-state index contributed by atoms with van der Waals surface area (Å²) in [5.41, 5.74) is -0.443. The van der Waals surface area contributed by atoms with Crippen LogP contribution in [-0.2, 0) is 23.7 Å². The highest BCUT2D eigenvalue weighted by Crippen LogP contribution is 2.36. The third kappa shape index (κ3) is 3.71. The molecule has 2 aliphatic rings. The summed E-state index contributed by atoms with van der Waals surface area (Å²) in [7, 11) is 0. The van der Waals surface area contributed by atoms with Gasteiger partial charge in [-0.25, -0.2) is 0 Å². The Morgan fingerprint density at radius 2 is 2.00 bits per heavy atom. The number of hydrogen-bond donors (Lipinski definition) is 0. The Morgan fingerprint density at radius 3 is 2.65 bits per heavy atom. The number of rotatable bonds is 4. The van der Waals surface area contributed by atoms with E-state index in [-0.39, 0.29) is 24.3 Å². The largest absolute Gasteiger partial charge is 0.465 e. The van der Waals surface area contributed by atoms with Crippen molar-refractivity contribution >= 4 is 5.97 Å². The first kappa shape index (κ1) is 15.7. The summed E-state index contributed by atoms with van der Waals surface area (Å²) in [5, 5.41) is 0. The first-order valence-corrected chi connectivity index (χ1v) is 7.33. The standard InChI is InChI=1S/C15H26O5/c1-14(2,3)13(16)17-8-6-7-10-12-11(9-18-10)19-15(4,5)20-12/h10-12H,6-9H2,1-5H3/t10-,11-,12+/m1/s1. The van der Waals surface area contributed by atoms with E-state index in [4.69, 9.17) is 18.9 Å². The number of esters is 1. The maximum atomic E-state index is 11.6. The minimum absolute atomic E-state index is 0.00307. The molecular weight excluding hydrogens is 260 g/mol. The molecule has 0 aromatic heterocycles. The van der Waals surface area contributed by atoms with Gasteiger partial charge in [-0.15, -0.1) is 0 Å². The summed E-state index contributed by atoms with van der Waals surface area (Å²) in [6.07, 6.45) is 1.67. The van der Waals surface area contributed by atoms with E-state index in [0.717, 1.165) is 12.8 Å². The SMILES string of the molecule is CC1(C)O[C@H]2[C@@H](CCCOC(=O)C(C)(C)C)OC[C@H]2O1. The normalized spacial score (nSPS) is 32.1. The number of fused-ring (bicyclic) bond motifs is 1. The molecule has 0 aromatic rings. The van der Waals surface area contributed by atoms with Gasteiger partial charge < -0.3 is 18.9 Å². The van der Waals surface area contributed by atoms with Crippen molar-refractivity contribution in [1.82, 2.24) is 0 Å². The molecular formula is C15H26O5. The van der Waals surface area contributed by atoms with Crippen molar-refractivity contribution in [3.63, 3.8) is 0 Å². The maximum absolute atomic E-state index is 11.6. The van der Waals surface area contributed by atoms with Crippen LogP contribution in [0.3, 0.4) is 0 Å². The molecule has 0 unspecified atom stereocenters. The van der Waals surface area contributed by atoms with Crippen molar-refractivity contribution < 1.29 is 23.7 Å². The quantitative estimate of drug-likeness (QED) is 0.586. The predicted molar refractivity (Wildman–Crippen MR) is 73.2 cm³/mol. The average molecular weight is 286 g/mol. The lowest BCUT2D eigenvalue weighted by atomic mass is 9.97. The Morgan fingerprint density at radius 1 is 1.30 bits per heavy atom. The smallest absolute Gasteiger partial charge is 0.311 e. The van der Waals surface area contributed by atoms with Gasteiger partial charge >= 0.3 is 5.97 Å². The van der Waals surface area contributed by atoms with Crippen LogP contribution in [0.1, 0.15) is 47.5 Å². The molecule has 0 bridgehead atoms. The van der Waals surface area contributed by atoms with Crippen LogP contribution < -0.4 is 0 Å². The predicted octanol–water partition coefficient (Wildman–Crippen LogP) is 2.27. The third-order valence-electron chi connectivity index (χ3n) is 3.54. The molecule has 3 atom stereocenters. The Balaban J connectivity index is 1.69. The second kappa shape index (κ2) is 5.62. The first-order valence-electron chi connectivity index (χ1n) is 7.33. The number of carbonyl (C=O) groups is 1. The van der Waals surface area contributed by atoms with E-state index >= 15 is 0 Å². The Hall–Kier alpha value is -0.650. The molecule has 0 spiro atoms. The van der Waals surface area contributed by atoms with Crippen LogP contribution in [0, 0.1) is 5.41 Å². The van der Waals surface area contributed by atoms with Crippen LogP contribution in [0.4, 0.5) is 0 Å². The molecule has 0 radical (unpaired) electrons. The Labute approximate surface area is 120 Å². The van der Waals surface area contributed by atoms with E-state index in [9.17, 15) is 4.79 Å². The summed E-state index contributed by atoms with van der Waals surface area (Å²) in [6, 6.07) is 0. The van der Waals surface area contributed by atoms with E-state index in [1.165, 1.54) is 0 Å². The average Bonchev–Trinajstić information content (AvgIpc) is 2.79. The van der Waals surface area contributed by atoms with Gasteiger partial charge in [-0.1, -0.05) is 0 Å².